The van der Waals surface area contributed by atoms with Gasteiger partial charge in [0, 0.05) is 21.7 Å². The zero-order chi connectivity index (χ0) is 12.3. The molecule has 1 heterocycles. The lowest BCUT2D eigenvalue weighted by atomic mass is 10.1. The molecule has 1 saturated heterocycles. The van der Waals surface area contributed by atoms with Gasteiger partial charge in [-0.15, -0.1) is 0 Å². The second-order valence-electron chi connectivity index (χ2n) is 4.50. The van der Waals surface area contributed by atoms with Crippen LogP contribution in [0.4, 0.5) is 5.69 Å². The van der Waals surface area contributed by atoms with Crippen LogP contribution in [-0.4, -0.2) is 18.5 Å². The molecular weight excluding hydrogens is 327 g/mol. The summed E-state index contributed by atoms with van der Waals surface area (Å²) in [5, 5.41) is 6.32. The second-order valence-corrected chi connectivity index (χ2v) is 5.75. The Hall–Kier alpha value is -0.620. The predicted molar refractivity (Wildman–Crippen MR) is 78.2 cm³/mol. The van der Waals surface area contributed by atoms with Gasteiger partial charge in [0.15, 0.2) is 0 Å². The molecule has 2 N–H and O–H groups in total. The fraction of sp³-hybridized carbons (Fsp3) is 0.462. The molecule has 1 amide bonds. The molecule has 1 aromatic carbocycles. The molecule has 1 fully saturated rings. The van der Waals surface area contributed by atoms with Gasteiger partial charge in [-0.1, -0.05) is 0 Å². The third-order valence-corrected chi connectivity index (χ3v) is 3.73. The number of benzene rings is 1. The van der Waals surface area contributed by atoms with Gasteiger partial charge < -0.3 is 10.6 Å². The van der Waals surface area contributed by atoms with Crippen LogP contribution in [-0.2, 0) is 4.79 Å². The highest BCUT2D eigenvalue weighted by molar-refractivity contribution is 14.1. The van der Waals surface area contributed by atoms with Crippen molar-refractivity contribution < 1.29 is 4.79 Å². The lowest BCUT2D eigenvalue weighted by molar-refractivity contribution is -0.116. The minimum absolute atomic E-state index is 0.105. The Morgan fingerprint density at radius 2 is 2.41 bits per heavy atom. The number of halogens is 1. The van der Waals surface area contributed by atoms with E-state index in [2.05, 4.69) is 39.3 Å². The van der Waals surface area contributed by atoms with E-state index in [0.29, 0.717) is 12.5 Å². The molecule has 4 heteroatoms. The lowest BCUT2D eigenvalue weighted by Gasteiger charge is -2.12. The normalized spacial score (nSPS) is 19.3. The van der Waals surface area contributed by atoms with Crippen molar-refractivity contribution in [3.63, 3.8) is 0 Å². The summed E-state index contributed by atoms with van der Waals surface area (Å²) in [6, 6.07) is 6.41. The van der Waals surface area contributed by atoms with Crippen LogP contribution in [0.2, 0.25) is 0 Å². The van der Waals surface area contributed by atoms with E-state index in [1.807, 2.05) is 19.1 Å². The van der Waals surface area contributed by atoms with Gasteiger partial charge in [-0.2, -0.15) is 0 Å². The smallest absolute Gasteiger partial charge is 0.225 e. The monoisotopic (exact) mass is 344 g/mol. The van der Waals surface area contributed by atoms with Crippen LogP contribution >= 0.6 is 22.6 Å². The van der Waals surface area contributed by atoms with E-state index < -0.39 is 0 Å². The minimum atomic E-state index is 0.105. The second kappa shape index (κ2) is 5.82. The Balaban J connectivity index is 1.93. The SMILES string of the molecule is Cc1cc(I)ccc1NC(=O)CC1CCCN1. The summed E-state index contributed by atoms with van der Waals surface area (Å²) in [6.07, 6.45) is 2.87. The Kier molecular flexibility index (Phi) is 4.39. The van der Waals surface area contributed by atoms with E-state index >= 15 is 0 Å². The summed E-state index contributed by atoms with van der Waals surface area (Å²) >= 11 is 2.27. The van der Waals surface area contributed by atoms with Crippen molar-refractivity contribution in [1.82, 2.24) is 5.32 Å². The average Bonchev–Trinajstić information content (AvgIpc) is 2.75. The van der Waals surface area contributed by atoms with Crippen LogP contribution in [0.25, 0.3) is 0 Å². The van der Waals surface area contributed by atoms with Crippen molar-refractivity contribution in [3.8, 4) is 0 Å². The molecule has 0 spiro atoms. The highest BCUT2D eigenvalue weighted by Gasteiger charge is 2.17. The molecule has 3 nitrogen and oxygen atoms in total. The standard InChI is InChI=1S/C13H17IN2O/c1-9-7-10(14)4-5-12(9)16-13(17)8-11-3-2-6-15-11/h4-5,7,11,15H,2-3,6,8H2,1H3,(H,16,17). The fourth-order valence-electron chi connectivity index (χ4n) is 2.12. The van der Waals surface area contributed by atoms with Crippen LogP contribution in [0.1, 0.15) is 24.8 Å². The maximum atomic E-state index is 11.9. The highest BCUT2D eigenvalue weighted by atomic mass is 127. The zero-order valence-corrected chi connectivity index (χ0v) is 12.1. The first-order chi connectivity index (χ1) is 8.15. The number of aryl methyl sites for hydroxylation is 1. The first kappa shape index (κ1) is 12.8. The highest BCUT2D eigenvalue weighted by Crippen LogP contribution is 2.18. The molecule has 0 radical (unpaired) electrons. The molecule has 92 valence electrons. The van der Waals surface area contributed by atoms with Crippen LogP contribution in [0.5, 0.6) is 0 Å². The molecule has 1 aliphatic heterocycles. The van der Waals surface area contributed by atoms with Crippen LogP contribution in [0.15, 0.2) is 18.2 Å². The number of anilines is 1. The number of hydrogen-bond donors (Lipinski definition) is 2. The van der Waals surface area contributed by atoms with Gasteiger partial charge in [0.05, 0.1) is 0 Å². The number of amides is 1. The summed E-state index contributed by atoms with van der Waals surface area (Å²) in [7, 11) is 0. The molecule has 1 aliphatic rings. The Morgan fingerprint density at radius 1 is 1.59 bits per heavy atom. The quantitative estimate of drug-likeness (QED) is 0.828. The van der Waals surface area contributed by atoms with E-state index in [9.17, 15) is 4.79 Å². The summed E-state index contributed by atoms with van der Waals surface area (Å²) in [5.41, 5.74) is 2.04. The summed E-state index contributed by atoms with van der Waals surface area (Å²) in [4.78, 5) is 11.9. The van der Waals surface area contributed by atoms with Gasteiger partial charge in [0.1, 0.15) is 0 Å². The number of carbonyl (C=O) groups excluding carboxylic acids is 1. The van der Waals surface area contributed by atoms with Gasteiger partial charge in [0.2, 0.25) is 5.91 Å². The molecule has 0 bridgehead atoms. The topological polar surface area (TPSA) is 41.1 Å². The molecular formula is C13H17IN2O. The van der Waals surface area contributed by atoms with E-state index in [4.69, 9.17) is 0 Å². The molecule has 0 aliphatic carbocycles. The first-order valence-electron chi connectivity index (χ1n) is 5.94. The largest absolute Gasteiger partial charge is 0.326 e. The molecule has 1 unspecified atom stereocenters. The van der Waals surface area contributed by atoms with Gasteiger partial charge in [-0.05, 0) is 72.7 Å². The number of carbonyl (C=O) groups is 1. The maximum absolute atomic E-state index is 11.9. The molecule has 17 heavy (non-hydrogen) atoms. The van der Waals surface area contributed by atoms with E-state index in [1.165, 1.54) is 9.99 Å². The minimum Gasteiger partial charge on any atom is -0.326 e. The van der Waals surface area contributed by atoms with Crippen molar-refractivity contribution in [2.24, 2.45) is 0 Å². The van der Waals surface area contributed by atoms with Crippen molar-refractivity contribution in [1.29, 1.82) is 0 Å². The Bertz CT molecular complexity index is 414. The molecule has 0 saturated carbocycles. The van der Waals surface area contributed by atoms with E-state index in [1.54, 1.807) is 0 Å². The van der Waals surface area contributed by atoms with Gasteiger partial charge in [-0.3, -0.25) is 4.79 Å². The zero-order valence-electron chi connectivity index (χ0n) is 9.92. The lowest BCUT2D eigenvalue weighted by Crippen LogP contribution is -2.27. The Labute approximate surface area is 116 Å². The predicted octanol–water partition coefficient (Wildman–Crippen LogP) is 2.68. The number of rotatable bonds is 3. The fourth-order valence-corrected chi connectivity index (χ4v) is 2.77. The van der Waals surface area contributed by atoms with Crippen molar-refractivity contribution >= 4 is 34.2 Å². The van der Waals surface area contributed by atoms with Crippen LogP contribution in [0.3, 0.4) is 0 Å². The van der Waals surface area contributed by atoms with Gasteiger partial charge >= 0.3 is 0 Å². The van der Waals surface area contributed by atoms with Crippen molar-refractivity contribution in [2.45, 2.75) is 32.2 Å². The maximum Gasteiger partial charge on any atom is 0.225 e. The van der Waals surface area contributed by atoms with Gasteiger partial charge in [-0.25, -0.2) is 0 Å². The van der Waals surface area contributed by atoms with E-state index in [-0.39, 0.29) is 5.91 Å². The van der Waals surface area contributed by atoms with E-state index in [0.717, 1.165) is 24.2 Å². The molecule has 1 atom stereocenters. The van der Waals surface area contributed by atoms with Crippen LogP contribution in [0, 0.1) is 10.5 Å². The summed E-state index contributed by atoms with van der Waals surface area (Å²) in [6.45, 7) is 3.06. The summed E-state index contributed by atoms with van der Waals surface area (Å²) < 4.78 is 1.19. The van der Waals surface area contributed by atoms with Crippen molar-refractivity contribution in [2.75, 3.05) is 11.9 Å². The number of hydrogen-bond acceptors (Lipinski definition) is 2. The first-order valence-corrected chi connectivity index (χ1v) is 7.02. The third kappa shape index (κ3) is 3.67. The van der Waals surface area contributed by atoms with Gasteiger partial charge in [0.25, 0.3) is 0 Å². The Morgan fingerprint density at radius 3 is 3.06 bits per heavy atom. The molecule has 2 rings (SSSR count). The third-order valence-electron chi connectivity index (χ3n) is 3.06. The molecule has 0 aromatic heterocycles. The average molecular weight is 344 g/mol. The van der Waals surface area contributed by atoms with Crippen molar-refractivity contribution in [3.05, 3.63) is 27.3 Å². The number of nitrogens with one attached hydrogen (secondary N) is 2. The van der Waals surface area contributed by atoms with Crippen LogP contribution < -0.4 is 10.6 Å². The summed E-state index contributed by atoms with van der Waals surface area (Å²) in [5.74, 6) is 0.105. The molecule has 1 aromatic rings.